The average Bonchev–Trinajstić information content (AvgIpc) is 3.27. The fourth-order valence-corrected chi connectivity index (χ4v) is 5.06. The van der Waals surface area contributed by atoms with Gasteiger partial charge in [0, 0.05) is 25.5 Å². The Labute approximate surface area is 206 Å². The van der Waals surface area contributed by atoms with Crippen molar-refractivity contribution >= 4 is 22.8 Å². The molecule has 3 aromatic rings. The number of nitrogens with two attached hydrogens (primary N) is 1. The number of fused-ring (bicyclic) bond motifs is 1. The smallest absolute Gasteiger partial charge is 0.377 e. The van der Waals surface area contributed by atoms with Crippen molar-refractivity contribution in [2.75, 3.05) is 44.3 Å². The Balaban J connectivity index is 1.36. The van der Waals surface area contributed by atoms with Gasteiger partial charge in [-0.25, -0.2) is 9.97 Å². The highest BCUT2D eigenvalue weighted by Crippen LogP contribution is 2.34. The Morgan fingerprint density at radius 2 is 1.92 bits per heavy atom. The summed E-state index contributed by atoms with van der Waals surface area (Å²) in [6.07, 6.45) is 1.89. The van der Waals surface area contributed by atoms with Crippen molar-refractivity contribution in [3.8, 4) is 0 Å². The third-order valence-electron chi connectivity index (χ3n) is 6.93. The molecule has 5 heterocycles. The van der Waals surface area contributed by atoms with Crippen LogP contribution in [0, 0.1) is 5.92 Å². The number of primary amides is 1. The number of halogens is 3. The minimum atomic E-state index is -4.44. The van der Waals surface area contributed by atoms with Crippen molar-refractivity contribution in [1.29, 1.82) is 0 Å². The zero-order valence-electron chi connectivity index (χ0n) is 19.7. The second-order valence-electron chi connectivity index (χ2n) is 9.34. The molecule has 0 aliphatic carbocycles. The van der Waals surface area contributed by atoms with Crippen molar-refractivity contribution in [1.82, 2.24) is 24.4 Å². The summed E-state index contributed by atoms with van der Waals surface area (Å²) in [4.78, 5) is 28.5. The number of morpholine rings is 1. The lowest BCUT2D eigenvalue weighted by Gasteiger charge is -2.36. The molecule has 0 aromatic carbocycles. The topological polar surface area (TPSA) is 102 Å². The average molecular weight is 504 g/mol. The molecule has 2 saturated heterocycles. The van der Waals surface area contributed by atoms with Crippen molar-refractivity contribution in [3.63, 3.8) is 0 Å². The number of carbonyl (C=O) groups excluding carboxylic acids is 1. The number of rotatable bonds is 6. The number of ether oxygens (including phenoxy) is 1. The van der Waals surface area contributed by atoms with Crippen LogP contribution >= 0.6 is 0 Å². The molecule has 0 spiro atoms. The van der Waals surface area contributed by atoms with Gasteiger partial charge in [-0.05, 0) is 50.0 Å². The molecule has 0 radical (unpaired) electrons. The van der Waals surface area contributed by atoms with E-state index in [2.05, 4.69) is 24.4 Å². The Hall–Kier alpha value is -3.25. The number of amides is 1. The summed E-state index contributed by atoms with van der Waals surface area (Å²) >= 11 is 0. The van der Waals surface area contributed by atoms with Crippen LogP contribution in [0.5, 0.6) is 0 Å². The molecule has 2 N–H and O–H groups in total. The Morgan fingerprint density at radius 3 is 2.61 bits per heavy atom. The molecule has 2 fully saturated rings. The summed E-state index contributed by atoms with van der Waals surface area (Å²) in [6, 6.07) is 4.08. The number of likely N-dealkylation sites (tertiary alicyclic amines) is 1. The van der Waals surface area contributed by atoms with Gasteiger partial charge in [-0.2, -0.15) is 13.2 Å². The van der Waals surface area contributed by atoms with E-state index < -0.39 is 11.7 Å². The lowest BCUT2D eigenvalue weighted by molar-refractivity contribution is -0.137. The van der Waals surface area contributed by atoms with E-state index in [4.69, 9.17) is 10.5 Å². The van der Waals surface area contributed by atoms with Crippen LogP contribution in [0.1, 0.15) is 30.1 Å². The van der Waals surface area contributed by atoms with Crippen molar-refractivity contribution in [2.24, 2.45) is 11.7 Å². The summed E-state index contributed by atoms with van der Waals surface area (Å²) in [7, 11) is 0. The molecule has 1 amide bonds. The second kappa shape index (κ2) is 10.0. The number of nitrogens with zero attached hydrogens (tertiary/aromatic N) is 6. The first kappa shape index (κ1) is 24.4. The normalized spacial score (nSPS) is 20.2. The van der Waals surface area contributed by atoms with Crippen LogP contribution in [-0.4, -0.2) is 69.7 Å². The van der Waals surface area contributed by atoms with Crippen LogP contribution in [0.2, 0.25) is 0 Å². The van der Waals surface area contributed by atoms with E-state index in [1.165, 1.54) is 12.4 Å². The Bertz CT molecular complexity index is 1210. The van der Waals surface area contributed by atoms with Gasteiger partial charge in [0.15, 0.2) is 0 Å². The molecule has 0 bridgehead atoms. The fourth-order valence-electron chi connectivity index (χ4n) is 5.06. The molecule has 0 saturated carbocycles. The molecule has 5 rings (SSSR count). The second-order valence-corrected chi connectivity index (χ2v) is 9.34. The van der Waals surface area contributed by atoms with Gasteiger partial charge in [-0.15, -0.1) is 0 Å². The van der Waals surface area contributed by atoms with Crippen LogP contribution in [-0.2, 0) is 22.3 Å². The van der Waals surface area contributed by atoms with Gasteiger partial charge in [0.1, 0.15) is 17.8 Å². The number of hydrogen-bond acceptors (Lipinski definition) is 7. The molecule has 2 aliphatic rings. The van der Waals surface area contributed by atoms with E-state index in [1.807, 2.05) is 17.2 Å². The quantitative estimate of drug-likeness (QED) is 0.552. The molecule has 12 heteroatoms. The lowest BCUT2D eigenvalue weighted by atomic mass is 9.96. The Kier molecular flexibility index (Phi) is 6.80. The lowest BCUT2D eigenvalue weighted by Crippen LogP contribution is -2.40. The predicted octanol–water partition coefficient (Wildman–Crippen LogP) is 2.62. The standard InChI is InChI=1S/C24H28F3N7O2/c25-24(26,27)17-1-2-19(29-11-17)20-14-36-10-9-34(20)23-18-5-8-33(22(18)30-15-31-23)12-16-3-6-32(7-4-16)13-21(28)35/h1-2,5,8,11,15-16,20H,3-4,6-7,9-10,12-14H2,(H2,28,35). The highest BCUT2D eigenvalue weighted by atomic mass is 19.4. The summed E-state index contributed by atoms with van der Waals surface area (Å²) in [5, 5.41) is 0.877. The number of pyridine rings is 1. The monoisotopic (exact) mass is 503 g/mol. The number of anilines is 1. The first-order valence-corrected chi connectivity index (χ1v) is 12.0. The van der Waals surface area contributed by atoms with E-state index in [0.717, 1.165) is 55.8 Å². The first-order valence-electron chi connectivity index (χ1n) is 12.0. The van der Waals surface area contributed by atoms with Gasteiger partial charge in [-0.3, -0.25) is 14.7 Å². The molecule has 1 unspecified atom stereocenters. The van der Waals surface area contributed by atoms with Crippen LogP contribution in [0.25, 0.3) is 11.0 Å². The van der Waals surface area contributed by atoms with Gasteiger partial charge >= 0.3 is 6.18 Å². The Morgan fingerprint density at radius 1 is 1.11 bits per heavy atom. The highest BCUT2D eigenvalue weighted by molar-refractivity contribution is 5.88. The maximum Gasteiger partial charge on any atom is 0.417 e. The first-order chi connectivity index (χ1) is 17.3. The third kappa shape index (κ3) is 5.14. The van der Waals surface area contributed by atoms with Crippen molar-refractivity contribution in [2.45, 2.75) is 31.6 Å². The minimum absolute atomic E-state index is 0.296. The van der Waals surface area contributed by atoms with Crippen molar-refractivity contribution < 1.29 is 22.7 Å². The van der Waals surface area contributed by atoms with E-state index in [0.29, 0.717) is 43.7 Å². The van der Waals surface area contributed by atoms with Crippen LogP contribution in [0.15, 0.2) is 36.9 Å². The van der Waals surface area contributed by atoms with Gasteiger partial charge in [0.2, 0.25) is 5.91 Å². The number of alkyl halides is 3. The summed E-state index contributed by atoms with van der Waals surface area (Å²) in [5.41, 5.74) is 5.84. The SMILES string of the molecule is NC(=O)CN1CCC(Cn2ccc3c(N4CCOCC4c4ccc(C(F)(F)F)cn4)ncnc32)CC1. The molecule has 36 heavy (non-hydrogen) atoms. The van der Waals surface area contributed by atoms with E-state index in [-0.39, 0.29) is 11.9 Å². The van der Waals surface area contributed by atoms with Crippen molar-refractivity contribution in [3.05, 3.63) is 48.2 Å². The fraction of sp³-hybridized carbons (Fsp3) is 0.500. The van der Waals surface area contributed by atoms with Crippen LogP contribution in [0.4, 0.5) is 19.0 Å². The summed E-state index contributed by atoms with van der Waals surface area (Å²) in [5.74, 6) is 0.864. The summed E-state index contributed by atoms with van der Waals surface area (Å²) < 4.78 is 46.8. The van der Waals surface area contributed by atoms with E-state index in [9.17, 15) is 18.0 Å². The zero-order valence-corrected chi connectivity index (χ0v) is 19.7. The maximum atomic E-state index is 13.0. The number of piperidine rings is 1. The molecule has 192 valence electrons. The zero-order chi connectivity index (χ0) is 25.3. The number of carbonyl (C=O) groups is 1. The highest BCUT2D eigenvalue weighted by Gasteiger charge is 2.33. The molecular formula is C24H28F3N7O2. The molecular weight excluding hydrogens is 475 g/mol. The van der Waals surface area contributed by atoms with Crippen LogP contribution < -0.4 is 10.6 Å². The van der Waals surface area contributed by atoms with Gasteiger partial charge in [0.05, 0.1) is 42.4 Å². The van der Waals surface area contributed by atoms with E-state index in [1.54, 1.807) is 0 Å². The summed E-state index contributed by atoms with van der Waals surface area (Å²) in [6.45, 7) is 4.08. The minimum Gasteiger partial charge on any atom is -0.377 e. The van der Waals surface area contributed by atoms with Gasteiger partial charge in [-0.1, -0.05) is 0 Å². The molecule has 1 atom stereocenters. The molecule has 3 aromatic heterocycles. The van der Waals surface area contributed by atoms with Gasteiger partial charge < -0.3 is 19.9 Å². The molecule has 2 aliphatic heterocycles. The van der Waals surface area contributed by atoms with Gasteiger partial charge in [0.25, 0.3) is 0 Å². The maximum absolute atomic E-state index is 13.0. The molecule has 9 nitrogen and oxygen atoms in total. The van der Waals surface area contributed by atoms with Crippen LogP contribution in [0.3, 0.4) is 0 Å². The number of hydrogen-bond donors (Lipinski definition) is 1. The van der Waals surface area contributed by atoms with E-state index >= 15 is 0 Å². The third-order valence-corrected chi connectivity index (χ3v) is 6.93. The largest absolute Gasteiger partial charge is 0.417 e. The predicted molar refractivity (Wildman–Crippen MR) is 126 cm³/mol. The number of aromatic nitrogens is 4.